The van der Waals surface area contributed by atoms with Gasteiger partial charge < -0.3 is 14.4 Å². The molecule has 0 spiro atoms. The first-order chi connectivity index (χ1) is 16.7. The van der Waals surface area contributed by atoms with Crippen molar-refractivity contribution in [3.8, 4) is 22.4 Å². The van der Waals surface area contributed by atoms with Gasteiger partial charge in [-0.2, -0.15) is 0 Å². The van der Waals surface area contributed by atoms with E-state index in [0.717, 1.165) is 38.8 Å². The first-order valence-corrected chi connectivity index (χ1v) is 16.6. The molecule has 8 heteroatoms. The van der Waals surface area contributed by atoms with Crippen molar-refractivity contribution in [1.29, 1.82) is 0 Å². The maximum atomic E-state index is 11.2. The second-order valence-electron chi connectivity index (χ2n) is 9.61. The average Bonchev–Trinajstić information content (AvgIpc) is 3.16. The van der Waals surface area contributed by atoms with Gasteiger partial charge in [-0.1, -0.05) is 97.6 Å². The average molecular weight is 525 g/mol. The number of pyridine rings is 1. The van der Waals surface area contributed by atoms with Crippen LogP contribution in [0.2, 0.25) is 30.7 Å². The molecule has 0 aliphatic rings. The molecule has 0 aliphatic carbocycles. The van der Waals surface area contributed by atoms with Crippen LogP contribution in [0.4, 0.5) is 0 Å². The molecule has 0 amide bonds. The molecule has 4 rings (SSSR count). The van der Waals surface area contributed by atoms with Gasteiger partial charge in [-0.05, 0) is 29.3 Å². The number of hydrogen-bond acceptors (Lipinski definition) is 4. The van der Waals surface area contributed by atoms with Crippen molar-refractivity contribution in [2.45, 2.75) is 37.4 Å². The van der Waals surface area contributed by atoms with Crippen molar-refractivity contribution in [1.82, 2.24) is 9.55 Å². The van der Waals surface area contributed by atoms with Crippen molar-refractivity contribution in [2.75, 3.05) is 12.4 Å². The zero-order valence-corrected chi connectivity index (χ0v) is 22.7. The molecule has 0 saturated heterocycles. The minimum Gasteiger partial charge on any atom is -0.481 e. The molecule has 5 nitrogen and oxygen atoms in total. The number of carboxylic acid groups (broad SMARTS) is 1. The lowest BCUT2D eigenvalue weighted by atomic mass is 10.0. The van der Waals surface area contributed by atoms with E-state index < -0.39 is 14.0 Å². The van der Waals surface area contributed by atoms with E-state index in [1.54, 1.807) is 0 Å². The summed E-state index contributed by atoms with van der Waals surface area (Å²) >= 11 is 7.97. The maximum absolute atomic E-state index is 11.2. The Balaban J connectivity index is 1.64. The van der Waals surface area contributed by atoms with Gasteiger partial charge >= 0.3 is 5.97 Å². The maximum Gasteiger partial charge on any atom is 0.313 e. The molecule has 0 saturated carbocycles. The molecule has 0 aliphatic heterocycles. The third-order valence-corrected chi connectivity index (χ3v) is 8.64. The minimum absolute atomic E-state index is 0.0350. The fourth-order valence-corrected chi connectivity index (χ4v) is 5.49. The quantitative estimate of drug-likeness (QED) is 0.132. The number of rotatable bonds is 10. The summed E-state index contributed by atoms with van der Waals surface area (Å²) < 4.78 is 7.95. The summed E-state index contributed by atoms with van der Waals surface area (Å²) in [6.45, 7) is 7.94. The number of aromatic nitrogens is 2. The third kappa shape index (κ3) is 6.55. The van der Waals surface area contributed by atoms with Crippen molar-refractivity contribution >= 4 is 48.4 Å². The normalized spacial score (nSPS) is 11.8. The molecule has 0 fully saturated rings. The molecule has 0 bridgehead atoms. The molecule has 1 N–H and O–H groups in total. The number of nitrogens with zero attached hydrogens (tertiary/aromatic N) is 2. The standard InChI is InChI=1S/C27H29ClN2O3SSi/c1-35(2,3)14-13-33-18-30-24-15-22(28)27(29-23(24)16-25(30)34-17-26(31)32)21-11-9-20(10-12-21)19-7-5-4-6-8-19/h4-12,15-16H,13-14,17-18H2,1-3H3,(H,31,32). The zero-order chi connectivity index (χ0) is 25.0. The van der Waals surface area contributed by atoms with Gasteiger partial charge in [-0.15, -0.1) is 0 Å². The Morgan fingerprint density at radius 1 is 1.03 bits per heavy atom. The Bertz CT molecular complexity index is 1320. The number of benzene rings is 2. The van der Waals surface area contributed by atoms with Crippen molar-refractivity contribution in [2.24, 2.45) is 0 Å². The van der Waals surface area contributed by atoms with Crippen LogP contribution < -0.4 is 0 Å². The summed E-state index contributed by atoms with van der Waals surface area (Å²) in [5.74, 6) is -0.899. The molecule has 35 heavy (non-hydrogen) atoms. The zero-order valence-electron chi connectivity index (χ0n) is 20.1. The third-order valence-electron chi connectivity index (χ3n) is 5.63. The van der Waals surface area contributed by atoms with Gasteiger partial charge in [0.2, 0.25) is 0 Å². The fraction of sp³-hybridized carbons (Fsp3) is 0.259. The number of thioether (sulfide) groups is 1. The first kappa shape index (κ1) is 25.5. The van der Waals surface area contributed by atoms with Crippen LogP contribution in [-0.4, -0.2) is 41.1 Å². The molecular formula is C27H29ClN2O3SSi. The summed E-state index contributed by atoms with van der Waals surface area (Å²) in [6, 6.07) is 23.3. The Hall–Kier alpha value is -2.58. The molecule has 182 valence electrons. The van der Waals surface area contributed by atoms with E-state index in [0.29, 0.717) is 24.1 Å². The smallest absolute Gasteiger partial charge is 0.313 e. The van der Waals surface area contributed by atoms with Gasteiger partial charge in [0, 0.05) is 20.2 Å². The summed E-state index contributed by atoms with van der Waals surface area (Å²) in [5.41, 5.74) is 5.50. The molecule has 0 unspecified atom stereocenters. The van der Waals surface area contributed by atoms with Crippen LogP contribution in [0, 0.1) is 0 Å². The van der Waals surface area contributed by atoms with Crippen LogP contribution in [0.25, 0.3) is 33.4 Å². The number of carboxylic acids is 1. The van der Waals surface area contributed by atoms with Crippen molar-refractivity contribution in [3.05, 3.63) is 71.8 Å². The fourth-order valence-electron chi connectivity index (χ4n) is 3.71. The van der Waals surface area contributed by atoms with Gasteiger partial charge in [0.15, 0.2) is 0 Å². The number of ether oxygens (including phenoxy) is 1. The van der Waals surface area contributed by atoms with Gasteiger partial charge in [0.1, 0.15) is 6.73 Å². The first-order valence-electron chi connectivity index (χ1n) is 11.5. The molecule has 2 aromatic carbocycles. The Morgan fingerprint density at radius 2 is 1.69 bits per heavy atom. The topological polar surface area (TPSA) is 64.3 Å². The Morgan fingerprint density at radius 3 is 2.34 bits per heavy atom. The van der Waals surface area contributed by atoms with E-state index in [-0.39, 0.29) is 5.75 Å². The molecule has 4 aromatic rings. The SMILES string of the molecule is C[Si](C)(C)CCOCn1c(SCC(=O)O)cc2nc(-c3ccc(-c4ccccc4)cc3)c(Cl)cc21. The van der Waals surface area contributed by atoms with Gasteiger partial charge in [0.25, 0.3) is 0 Å². The number of aliphatic carboxylic acids is 1. The molecule has 2 aromatic heterocycles. The van der Waals surface area contributed by atoms with E-state index in [1.807, 2.05) is 47.0 Å². The monoisotopic (exact) mass is 524 g/mol. The van der Waals surface area contributed by atoms with Crippen LogP contribution in [0.3, 0.4) is 0 Å². The molecule has 2 heterocycles. The van der Waals surface area contributed by atoms with Crippen molar-refractivity contribution in [3.63, 3.8) is 0 Å². The Labute approximate surface area is 216 Å². The van der Waals surface area contributed by atoms with Crippen molar-refractivity contribution < 1.29 is 14.6 Å². The van der Waals surface area contributed by atoms with Crippen LogP contribution in [0.15, 0.2) is 71.8 Å². The summed E-state index contributed by atoms with van der Waals surface area (Å²) in [5, 5.41) is 10.5. The highest BCUT2D eigenvalue weighted by molar-refractivity contribution is 7.99. The second-order valence-corrected chi connectivity index (χ2v) is 16.6. The largest absolute Gasteiger partial charge is 0.481 e. The van der Waals surface area contributed by atoms with Crippen LogP contribution in [0.1, 0.15) is 0 Å². The predicted octanol–water partition coefficient (Wildman–Crippen LogP) is 7.51. The number of carbonyl (C=O) groups is 1. The number of fused-ring (bicyclic) bond motifs is 1. The van der Waals surface area contributed by atoms with E-state index in [9.17, 15) is 9.90 Å². The van der Waals surface area contributed by atoms with E-state index in [1.165, 1.54) is 11.8 Å². The summed E-state index contributed by atoms with van der Waals surface area (Å²) in [6.07, 6.45) is 0. The van der Waals surface area contributed by atoms with Crippen LogP contribution in [0.5, 0.6) is 0 Å². The molecular weight excluding hydrogens is 496 g/mol. The highest BCUT2D eigenvalue weighted by atomic mass is 35.5. The van der Waals surface area contributed by atoms with E-state index in [2.05, 4.69) is 43.9 Å². The minimum atomic E-state index is -1.21. The summed E-state index contributed by atoms with van der Waals surface area (Å²) in [4.78, 5) is 16.1. The van der Waals surface area contributed by atoms with E-state index in [4.69, 9.17) is 21.3 Å². The Kier molecular flexibility index (Phi) is 8.01. The number of hydrogen-bond donors (Lipinski definition) is 1. The lowest BCUT2D eigenvalue weighted by molar-refractivity contribution is -0.133. The highest BCUT2D eigenvalue weighted by Crippen LogP contribution is 2.34. The lowest BCUT2D eigenvalue weighted by Gasteiger charge is -2.16. The van der Waals surface area contributed by atoms with Gasteiger partial charge in [0.05, 0.1) is 32.5 Å². The van der Waals surface area contributed by atoms with Gasteiger partial charge in [-0.25, -0.2) is 4.98 Å². The second kappa shape index (κ2) is 11.0. The summed E-state index contributed by atoms with van der Waals surface area (Å²) in [7, 11) is -1.21. The van der Waals surface area contributed by atoms with Crippen LogP contribution >= 0.6 is 23.4 Å². The van der Waals surface area contributed by atoms with Gasteiger partial charge in [-0.3, -0.25) is 4.79 Å². The molecule has 0 atom stereocenters. The highest BCUT2D eigenvalue weighted by Gasteiger charge is 2.17. The predicted molar refractivity (Wildman–Crippen MR) is 148 cm³/mol. The lowest BCUT2D eigenvalue weighted by Crippen LogP contribution is -2.22. The van der Waals surface area contributed by atoms with Crippen LogP contribution in [-0.2, 0) is 16.3 Å². The molecule has 0 radical (unpaired) electrons. The number of halogens is 1. The van der Waals surface area contributed by atoms with E-state index >= 15 is 0 Å².